The van der Waals surface area contributed by atoms with Crippen molar-refractivity contribution in [2.75, 3.05) is 24.0 Å². The SMILES string of the molecule is CSCCC(NC(=O)C(N)CCS(C)(=O)=O)C(=O)O. The number of carbonyl (C=O) groups excluding carboxylic acids is 1. The molecule has 0 fully saturated rings. The van der Waals surface area contributed by atoms with Gasteiger partial charge in [-0.15, -0.1) is 0 Å². The zero-order valence-electron chi connectivity index (χ0n) is 11.0. The summed E-state index contributed by atoms with van der Waals surface area (Å²) in [6.45, 7) is 0. The average Bonchev–Trinajstić information content (AvgIpc) is 2.29. The highest BCUT2D eigenvalue weighted by atomic mass is 32.2. The van der Waals surface area contributed by atoms with Crippen LogP contribution in [0.25, 0.3) is 0 Å². The fourth-order valence-electron chi connectivity index (χ4n) is 1.24. The number of carbonyl (C=O) groups is 2. The second kappa shape index (κ2) is 8.39. The van der Waals surface area contributed by atoms with Gasteiger partial charge in [0, 0.05) is 6.26 Å². The smallest absolute Gasteiger partial charge is 0.326 e. The van der Waals surface area contributed by atoms with Crippen molar-refractivity contribution in [3.05, 3.63) is 0 Å². The molecule has 0 aliphatic carbocycles. The molecule has 0 spiro atoms. The molecule has 9 heteroatoms. The van der Waals surface area contributed by atoms with Gasteiger partial charge in [0.05, 0.1) is 11.8 Å². The topological polar surface area (TPSA) is 127 Å². The van der Waals surface area contributed by atoms with Crippen LogP contribution in [-0.4, -0.2) is 61.5 Å². The monoisotopic (exact) mass is 312 g/mol. The number of nitrogens with two attached hydrogens (primary N) is 1. The van der Waals surface area contributed by atoms with Gasteiger partial charge in [-0.05, 0) is 24.9 Å². The molecule has 0 aromatic rings. The first kappa shape index (κ1) is 18.2. The number of carboxylic acids is 1. The van der Waals surface area contributed by atoms with Crippen molar-refractivity contribution in [1.29, 1.82) is 0 Å². The van der Waals surface area contributed by atoms with Gasteiger partial charge in [0.15, 0.2) is 0 Å². The lowest BCUT2D eigenvalue weighted by Crippen LogP contribution is -2.49. The van der Waals surface area contributed by atoms with Crippen LogP contribution >= 0.6 is 11.8 Å². The number of amides is 1. The van der Waals surface area contributed by atoms with Crippen LogP contribution in [0.3, 0.4) is 0 Å². The van der Waals surface area contributed by atoms with Crippen LogP contribution in [0.4, 0.5) is 0 Å². The zero-order chi connectivity index (χ0) is 15.1. The van der Waals surface area contributed by atoms with Crippen molar-refractivity contribution >= 4 is 33.5 Å². The second-order valence-corrected chi connectivity index (χ2v) is 7.45. The molecule has 0 aromatic carbocycles. The number of sulfone groups is 1. The standard InChI is InChI=1S/C10H20N2O5S2/c1-18-5-3-8(10(14)15)12-9(13)7(11)4-6-19(2,16)17/h7-8H,3-6,11H2,1-2H3,(H,12,13)(H,14,15). The molecular formula is C10H20N2O5S2. The quantitative estimate of drug-likeness (QED) is 0.502. The number of carboxylic acid groups (broad SMARTS) is 1. The lowest BCUT2D eigenvalue weighted by atomic mass is 10.2. The maximum absolute atomic E-state index is 11.6. The van der Waals surface area contributed by atoms with Crippen molar-refractivity contribution < 1.29 is 23.1 Å². The largest absolute Gasteiger partial charge is 0.480 e. The van der Waals surface area contributed by atoms with Crippen LogP contribution in [0.5, 0.6) is 0 Å². The van der Waals surface area contributed by atoms with Crippen molar-refractivity contribution in [2.24, 2.45) is 5.73 Å². The van der Waals surface area contributed by atoms with E-state index in [-0.39, 0.29) is 12.2 Å². The van der Waals surface area contributed by atoms with Gasteiger partial charge in [-0.2, -0.15) is 11.8 Å². The first-order valence-corrected chi connectivity index (χ1v) is 9.08. The summed E-state index contributed by atoms with van der Waals surface area (Å²) in [6, 6.07) is -2.02. The summed E-state index contributed by atoms with van der Waals surface area (Å²) in [6.07, 6.45) is 3.15. The Labute approximate surface area is 117 Å². The minimum atomic E-state index is -3.19. The van der Waals surface area contributed by atoms with E-state index < -0.39 is 33.8 Å². The minimum Gasteiger partial charge on any atom is -0.480 e. The van der Waals surface area contributed by atoms with E-state index in [0.29, 0.717) is 12.2 Å². The van der Waals surface area contributed by atoms with E-state index in [9.17, 15) is 18.0 Å². The third kappa shape index (κ3) is 8.84. The van der Waals surface area contributed by atoms with E-state index >= 15 is 0 Å². The normalized spacial score (nSPS) is 14.7. The Bertz CT molecular complexity index is 410. The summed E-state index contributed by atoms with van der Waals surface area (Å²) >= 11 is 1.47. The van der Waals surface area contributed by atoms with Crippen LogP contribution in [0, 0.1) is 0 Å². The minimum absolute atomic E-state index is 0.0282. The Kier molecular flexibility index (Phi) is 8.03. The van der Waals surface area contributed by atoms with Gasteiger partial charge in [0.25, 0.3) is 0 Å². The molecule has 0 radical (unpaired) electrons. The predicted molar refractivity (Wildman–Crippen MR) is 74.9 cm³/mol. The molecule has 0 aliphatic heterocycles. The summed E-state index contributed by atoms with van der Waals surface area (Å²) in [5.41, 5.74) is 5.53. The Hall–Kier alpha value is -0.800. The van der Waals surface area contributed by atoms with Crippen LogP contribution in [0.2, 0.25) is 0 Å². The summed E-state index contributed by atoms with van der Waals surface area (Å²) in [5, 5.41) is 11.2. The highest BCUT2D eigenvalue weighted by molar-refractivity contribution is 7.98. The van der Waals surface area contributed by atoms with Crippen LogP contribution in [0.15, 0.2) is 0 Å². The van der Waals surface area contributed by atoms with Crippen molar-refractivity contribution in [2.45, 2.75) is 24.9 Å². The van der Waals surface area contributed by atoms with Crippen LogP contribution in [-0.2, 0) is 19.4 Å². The lowest BCUT2D eigenvalue weighted by molar-refractivity contribution is -0.142. The molecule has 19 heavy (non-hydrogen) atoms. The third-order valence-corrected chi connectivity index (χ3v) is 3.98. The van der Waals surface area contributed by atoms with Crippen molar-refractivity contribution in [3.63, 3.8) is 0 Å². The molecule has 2 atom stereocenters. The molecule has 2 unspecified atom stereocenters. The summed E-state index contributed by atoms with van der Waals surface area (Å²) in [7, 11) is -3.19. The molecule has 0 saturated carbocycles. The van der Waals surface area contributed by atoms with E-state index in [1.54, 1.807) is 0 Å². The van der Waals surface area contributed by atoms with Crippen molar-refractivity contribution in [1.82, 2.24) is 5.32 Å². The molecule has 0 aromatic heterocycles. The molecule has 0 heterocycles. The second-order valence-electron chi connectivity index (χ2n) is 4.21. The van der Waals surface area contributed by atoms with Gasteiger partial charge in [0.2, 0.25) is 5.91 Å². The van der Waals surface area contributed by atoms with E-state index in [4.69, 9.17) is 10.8 Å². The number of hydrogen-bond donors (Lipinski definition) is 3. The maximum Gasteiger partial charge on any atom is 0.326 e. The number of thioether (sulfide) groups is 1. The summed E-state index contributed by atoms with van der Waals surface area (Å²) in [4.78, 5) is 22.6. The van der Waals surface area contributed by atoms with E-state index in [0.717, 1.165) is 6.26 Å². The number of hydrogen-bond acceptors (Lipinski definition) is 6. The Morgan fingerprint density at radius 2 is 1.95 bits per heavy atom. The van der Waals surface area contributed by atoms with Gasteiger partial charge < -0.3 is 16.2 Å². The molecule has 0 rings (SSSR count). The summed E-state index contributed by atoms with van der Waals surface area (Å²) < 4.78 is 21.9. The highest BCUT2D eigenvalue weighted by Gasteiger charge is 2.23. The Balaban J connectivity index is 4.34. The van der Waals surface area contributed by atoms with Crippen LogP contribution in [0.1, 0.15) is 12.8 Å². The molecule has 7 nitrogen and oxygen atoms in total. The molecule has 0 bridgehead atoms. The number of nitrogens with one attached hydrogen (secondary N) is 1. The van der Waals surface area contributed by atoms with E-state index in [2.05, 4.69) is 5.32 Å². The molecular weight excluding hydrogens is 292 g/mol. The average molecular weight is 312 g/mol. The van der Waals surface area contributed by atoms with Crippen molar-refractivity contribution in [3.8, 4) is 0 Å². The van der Waals surface area contributed by atoms with Gasteiger partial charge in [-0.3, -0.25) is 4.79 Å². The Morgan fingerprint density at radius 1 is 1.37 bits per heavy atom. The summed E-state index contributed by atoms with van der Waals surface area (Å²) in [5.74, 6) is -1.38. The lowest BCUT2D eigenvalue weighted by Gasteiger charge is -2.17. The fraction of sp³-hybridized carbons (Fsp3) is 0.800. The van der Waals surface area contributed by atoms with Gasteiger partial charge >= 0.3 is 5.97 Å². The molecule has 0 saturated heterocycles. The maximum atomic E-state index is 11.6. The Morgan fingerprint density at radius 3 is 2.37 bits per heavy atom. The van der Waals surface area contributed by atoms with Gasteiger partial charge in [-0.1, -0.05) is 0 Å². The fourth-order valence-corrected chi connectivity index (χ4v) is 2.40. The number of aliphatic carboxylic acids is 1. The van der Waals surface area contributed by atoms with Crippen LogP contribution < -0.4 is 11.1 Å². The molecule has 1 amide bonds. The zero-order valence-corrected chi connectivity index (χ0v) is 12.6. The van der Waals surface area contributed by atoms with E-state index in [1.807, 2.05) is 6.26 Å². The number of rotatable bonds is 9. The third-order valence-electron chi connectivity index (χ3n) is 2.36. The molecule has 4 N–H and O–H groups in total. The van der Waals surface area contributed by atoms with E-state index in [1.165, 1.54) is 11.8 Å². The first-order valence-electron chi connectivity index (χ1n) is 5.62. The highest BCUT2D eigenvalue weighted by Crippen LogP contribution is 2.02. The molecule has 112 valence electrons. The first-order chi connectivity index (χ1) is 8.67. The van der Waals surface area contributed by atoms with Gasteiger partial charge in [-0.25, -0.2) is 13.2 Å². The predicted octanol–water partition coefficient (Wildman–Crippen LogP) is -0.929. The molecule has 0 aliphatic rings. The van der Waals surface area contributed by atoms with Gasteiger partial charge in [0.1, 0.15) is 15.9 Å².